The molecule has 0 spiro atoms. The molecule has 0 aliphatic rings. The van der Waals surface area contributed by atoms with Crippen molar-refractivity contribution in [1.29, 1.82) is 0 Å². The Kier molecular flexibility index (Phi) is 23.8. The summed E-state index contributed by atoms with van der Waals surface area (Å²) in [4.78, 5) is 33.2. The number of nitrogens with two attached hydrogens (primary N) is 1. The topological polar surface area (TPSA) is 107 Å². The van der Waals surface area contributed by atoms with E-state index < -0.39 is 23.9 Å². The van der Waals surface area contributed by atoms with E-state index in [0.717, 1.165) is 38.5 Å². The number of ether oxygens (including phenoxy) is 1. The van der Waals surface area contributed by atoms with Crippen LogP contribution in [0.2, 0.25) is 0 Å². The number of carbonyl (C=O) groups is 3. The van der Waals surface area contributed by atoms with Gasteiger partial charge in [0.15, 0.2) is 0 Å². The van der Waals surface area contributed by atoms with E-state index in [0.29, 0.717) is 6.42 Å². The first-order valence-corrected chi connectivity index (χ1v) is 7.80. The van der Waals surface area contributed by atoms with Crippen LogP contribution in [0, 0.1) is 0 Å². The molecule has 0 radical (unpaired) electrons. The van der Waals surface area contributed by atoms with Crippen LogP contribution < -0.4 is 64.8 Å². The minimum absolute atomic E-state index is 0. The zero-order valence-electron chi connectivity index (χ0n) is 17.1. The fourth-order valence-corrected chi connectivity index (χ4v) is 1.90. The molecule has 0 aromatic heterocycles. The largest absolute Gasteiger partial charge is 1.00 e. The van der Waals surface area contributed by atoms with Crippen LogP contribution in [0.15, 0.2) is 12.7 Å². The number of esters is 2. The summed E-state index contributed by atoms with van der Waals surface area (Å²) in [6.07, 6.45) is 8.96. The van der Waals surface area contributed by atoms with Gasteiger partial charge >= 0.3 is 77.0 Å². The minimum atomic E-state index is -1.06. The van der Waals surface area contributed by atoms with Crippen molar-refractivity contribution in [3.8, 4) is 0 Å². The molecular formula is C16H29NNa2O5. The molecule has 24 heavy (non-hydrogen) atoms. The molecule has 0 amide bonds. The van der Waals surface area contributed by atoms with E-state index >= 15 is 0 Å². The molecule has 0 fully saturated rings. The second-order valence-corrected chi connectivity index (χ2v) is 5.28. The van der Waals surface area contributed by atoms with Gasteiger partial charge in [0.1, 0.15) is 6.04 Å². The number of aliphatic carboxylic acids is 1. The van der Waals surface area contributed by atoms with Crippen molar-refractivity contribution >= 4 is 17.9 Å². The fourth-order valence-electron chi connectivity index (χ4n) is 1.90. The summed E-state index contributed by atoms with van der Waals surface area (Å²) in [7, 11) is 0. The molecule has 0 rings (SSSR count). The summed E-state index contributed by atoms with van der Waals surface area (Å²) in [5, 5.41) is 8.48. The van der Waals surface area contributed by atoms with Crippen LogP contribution in [0.4, 0.5) is 0 Å². The third kappa shape index (κ3) is 18.6. The number of hydrogen-bond acceptors (Lipinski definition) is 5. The van der Waals surface area contributed by atoms with Gasteiger partial charge in [-0.2, -0.15) is 0 Å². The van der Waals surface area contributed by atoms with E-state index in [1.807, 2.05) is 6.08 Å². The quantitative estimate of drug-likeness (QED) is 0.118. The normalized spacial score (nSPS) is 10.7. The van der Waals surface area contributed by atoms with Crippen molar-refractivity contribution in [3.63, 3.8) is 0 Å². The molecule has 3 N–H and O–H groups in total. The van der Waals surface area contributed by atoms with E-state index in [1.165, 1.54) is 0 Å². The van der Waals surface area contributed by atoms with Crippen LogP contribution in [-0.2, 0) is 19.1 Å². The predicted molar refractivity (Wildman–Crippen MR) is 85.3 cm³/mol. The molecule has 8 heteroatoms. The predicted octanol–water partition coefficient (Wildman–Crippen LogP) is -3.21. The first-order valence-electron chi connectivity index (χ1n) is 7.80. The van der Waals surface area contributed by atoms with Crippen LogP contribution in [0.25, 0.3) is 0 Å². The first-order chi connectivity index (χ1) is 10.5. The first kappa shape index (κ1) is 29.1. The zero-order chi connectivity index (χ0) is 16.8. The number of allylic oxidation sites excluding steroid dienone is 1. The van der Waals surface area contributed by atoms with Gasteiger partial charge in [0, 0.05) is 12.8 Å². The van der Waals surface area contributed by atoms with E-state index in [2.05, 4.69) is 11.3 Å². The summed E-state index contributed by atoms with van der Waals surface area (Å²) >= 11 is 0. The molecule has 0 saturated carbocycles. The van der Waals surface area contributed by atoms with Crippen LogP contribution in [0.5, 0.6) is 0 Å². The summed E-state index contributed by atoms with van der Waals surface area (Å²) in [6.45, 7) is 3.67. The SMILES string of the molecule is C=CCCCCCCCCC(=O)OC(=O)C(N)CCC(=O)O.[H-].[H-].[Na+].[Na+]. The summed E-state index contributed by atoms with van der Waals surface area (Å²) in [5.41, 5.74) is 5.45. The maximum atomic E-state index is 11.4. The van der Waals surface area contributed by atoms with Gasteiger partial charge in [0.05, 0.1) is 0 Å². The second-order valence-electron chi connectivity index (χ2n) is 5.28. The van der Waals surface area contributed by atoms with Crippen LogP contribution in [0.1, 0.15) is 67.1 Å². The van der Waals surface area contributed by atoms with Gasteiger partial charge in [-0.1, -0.05) is 31.8 Å². The van der Waals surface area contributed by atoms with Gasteiger partial charge in [-0.15, -0.1) is 6.58 Å². The van der Waals surface area contributed by atoms with E-state index in [9.17, 15) is 14.4 Å². The van der Waals surface area contributed by atoms with Gasteiger partial charge in [-0.05, 0) is 25.7 Å². The van der Waals surface area contributed by atoms with Crippen molar-refractivity contribution in [2.75, 3.05) is 0 Å². The molecule has 0 heterocycles. The molecule has 6 nitrogen and oxygen atoms in total. The minimum Gasteiger partial charge on any atom is -1.00 e. The van der Waals surface area contributed by atoms with Crippen molar-refractivity contribution in [1.82, 2.24) is 0 Å². The molecule has 1 atom stereocenters. The monoisotopic (exact) mass is 361 g/mol. The van der Waals surface area contributed by atoms with Crippen molar-refractivity contribution in [2.45, 2.75) is 70.3 Å². The van der Waals surface area contributed by atoms with Gasteiger partial charge in [-0.25, -0.2) is 4.79 Å². The van der Waals surface area contributed by atoms with E-state index in [1.54, 1.807) is 0 Å². The van der Waals surface area contributed by atoms with Gasteiger partial charge in [0.2, 0.25) is 0 Å². The van der Waals surface area contributed by atoms with Crippen LogP contribution in [-0.4, -0.2) is 29.1 Å². The standard InChI is InChI=1S/C16H27NO5.2Na.2H/c1-2-3-4-5-6-7-8-9-10-15(20)22-16(21)13(17)11-12-14(18)19;;;;/h2,13H,1,3-12,17H2,(H,18,19);;;;/q;2*+1;2*-1. The van der Waals surface area contributed by atoms with Crippen LogP contribution >= 0.6 is 0 Å². The molecule has 0 saturated heterocycles. The summed E-state index contributed by atoms with van der Waals surface area (Å²) in [6, 6.07) is -1.06. The Morgan fingerprint density at radius 2 is 1.58 bits per heavy atom. The molecular weight excluding hydrogens is 332 g/mol. The summed E-state index contributed by atoms with van der Waals surface area (Å²) in [5.74, 6) is -2.49. The third-order valence-electron chi connectivity index (χ3n) is 3.23. The molecule has 0 aliphatic carbocycles. The average molecular weight is 361 g/mol. The Hall–Kier alpha value is 0.310. The number of carboxylic acids is 1. The molecule has 0 aliphatic heterocycles. The zero-order valence-corrected chi connectivity index (χ0v) is 19.1. The maximum Gasteiger partial charge on any atom is 1.00 e. The average Bonchev–Trinajstić information content (AvgIpc) is 2.47. The molecule has 130 valence electrons. The molecule has 0 aromatic rings. The third-order valence-corrected chi connectivity index (χ3v) is 3.23. The van der Waals surface area contributed by atoms with E-state index in [-0.39, 0.29) is 81.2 Å². The second kappa shape index (κ2) is 19.6. The summed E-state index contributed by atoms with van der Waals surface area (Å²) < 4.78 is 4.60. The smallest absolute Gasteiger partial charge is 1.00 e. The Morgan fingerprint density at radius 1 is 1.04 bits per heavy atom. The van der Waals surface area contributed by atoms with Gasteiger partial charge < -0.3 is 18.4 Å². The molecule has 0 aromatic carbocycles. The molecule has 1 unspecified atom stereocenters. The Labute approximate surface area is 191 Å². The maximum absolute atomic E-state index is 11.4. The number of unbranched alkanes of at least 4 members (excludes halogenated alkanes) is 6. The van der Waals surface area contributed by atoms with Gasteiger partial charge in [0.25, 0.3) is 0 Å². The van der Waals surface area contributed by atoms with Crippen molar-refractivity contribution in [3.05, 3.63) is 12.7 Å². The van der Waals surface area contributed by atoms with E-state index in [4.69, 9.17) is 10.8 Å². The number of carboxylic acid groups (broad SMARTS) is 1. The number of carbonyl (C=O) groups excluding carboxylic acids is 2. The van der Waals surface area contributed by atoms with Gasteiger partial charge in [-0.3, -0.25) is 9.59 Å². The fraction of sp³-hybridized carbons (Fsp3) is 0.688. The number of rotatable bonds is 13. The van der Waals surface area contributed by atoms with Crippen molar-refractivity contribution in [2.24, 2.45) is 5.73 Å². The Bertz CT molecular complexity index is 388. The Morgan fingerprint density at radius 3 is 2.12 bits per heavy atom. The number of hydrogen-bond donors (Lipinski definition) is 2. The van der Waals surface area contributed by atoms with Crippen LogP contribution in [0.3, 0.4) is 0 Å². The molecule has 0 bridgehead atoms. The van der Waals surface area contributed by atoms with Crippen molar-refractivity contribution < 1.29 is 86.2 Å². The Balaban J connectivity index is -0.000000367.